The zero-order valence-electron chi connectivity index (χ0n) is 17.1. The molecule has 3 nitrogen and oxygen atoms in total. The number of imidazole rings is 1. The molecule has 3 heteroatoms. The van der Waals surface area contributed by atoms with E-state index < -0.39 is 0 Å². The summed E-state index contributed by atoms with van der Waals surface area (Å²) in [6, 6.07) is 15.2. The van der Waals surface area contributed by atoms with Gasteiger partial charge in [0.05, 0.1) is 11.9 Å². The number of rotatable bonds is 8. The largest absolute Gasteiger partial charge is 0.487 e. The molecule has 2 aromatic carbocycles. The smallest absolute Gasteiger partial charge is 0.140 e. The minimum absolute atomic E-state index is 0.559. The van der Waals surface area contributed by atoms with E-state index in [1.165, 1.54) is 54.4 Å². The number of hydrogen-bond acceptors (Lipinski definition) is 2. The zero-order chi connectivity index (χ0) is 19.3. The molecule has 0 saturated heterocycles. The van der Waals surface area contributed by atoms with Crippen LogP contribution in [0.5, 0.6) is 5.75 Å². The summed E-state index contributed by atoms with van der Waals surface area (Å²) in [4.78, 5) is 4.75. The second kappa shape index (κ2) is 8.64. The van der Waals surface area contributed by atoms with Crippen molar-refractivity contribution >= 4 is 0 Å². The molecule has 0 saturated carbocycles. The Hall–Kier alpha value is -2.55. The van der Waals surface area contributed by atoms with Crippen molar-refractivity contribution in [3.8, 4) is 17.1 Å². The number of aryl methyl sites for hydroxylation is 3. The summed E-state index contributed by atoms with van der Waals surface area (Å²) in [7, 11) is 0. The van der Waals surface area contributed by atoms with Gasteiger partial charge in [0.15, 0.2) is 0 Å². The van der Waals surface area contributed by atoms with Crippen LogP contribution in [0.4, 0.5) is 0 Å². The standard InChI is InChI=1S/C25H30N2O/c1-3-4-5-15-27-23(17-26-25(27)21-11-9-19(2)10-12-21)18-28-24-14-13-20-7-6-8-22(20)16-24/h9-14,16-17H,3-8,15,18H2,1-2H3. The maximum absolute atomic E-state index is 6.17. The Bertz CT molecular complexity index is 924. The summed E-state index contributed by atoms with van der Waals surface area (Å²) in [6.07, 6.45) is 9.25. The highest BCUT2D eigenvalue weighted by molar-refractivity contribution is 5.56. The second-order valence-electron chi connectivity index (χ2n) is 7.87. The molecule has 1 heterocycles. The molecule has 3 aromatic rings. The van der Waals surface area contributed by atoms with Crippen LogP contribution in [0.15, 0.2) is 48.7 Å². The molecule has 1 aromatic heterocycles. The van der Waals surface area contributed by atoms with Crippen molar-refractivity contribution < 1.29 is 4.74 Å². The van der Waals surface area contributed by atoms with Crippen molar-refractivity contribution in [3.63, 3.8) is 0 Å². The van der Waals surface area contributed by atoms with Gasteiger partial charge in [0.25, 0.3) is 0 Å². The Morgan fingerprint density at radius 3 is 2.64 bits per heavy atom. The summed E-state index contributed by atoms with van der Waals surface area (Å²) in [6.45, 7) is 5.91. The second-order valence-corrected chi connectivity index (χ2v) is 7.87. The molecule has 0 spiro atoms. The minimum atomic E-state index is 0.559. The number of fused-ring (bicyclic) bond motifs is 1. The van der Waals surface area contributed by atoms with Crippen molar-refractivity contribution in [3.05, 3.63) is 71.0 Å². The average molecular weight is 375 g/mol. The molecule has 1 aliphatic rings. The van der Waals surface area contributed by atoms with E-state index in [1.54, 1.807) is 0 Å². The first kappa shape index (κ1) is 18.8. The molecule has 4 rings (SSSR count). The zero-order valence-corrected chi connectivity index (χ0v) is 17.1. The maximum Gasteiger partial charge on any atom is 0.140 e. The van der Waals surface area contributed by atoms with E-state index in [1.807, 2.05) is 6.20 Å². The van der Waals surface area contributed by atoms with E-state index in [0.717, 1.165) is 30.2 Å². The number of unbranched alkanes of at least 4 members (excludes halogenated alkanes) is 2. The number of benzene rings is 2. The fourth-order valence-electron chi connectivity index (χ4n) is 4.02. The van der Waals surface area contributed by atoms with Gasteiger partial charge in [-0.05, 0) is 55.9 Å². The Morgan fingerprint density at radius 1 is 1.00 bits per heavy atom. The normalized spacial score (nSPS) is 12.9. The van der Waals surface area contributed by atoms with Crippen LogP contribution in [0.25, 0.3) is 11.4 Å². The fourth-order valence-corrected chi connectivity index (χ4v) is 4.02. The molecule has 0 fully saturated rings. The summed E-state index contributed by atoms with van der Waals surface area (Å²) >= 11 is 0. The Balaban J connectivity index is 1.54. The molecule has 146 valence electrons. The third kappa shape index (κ3) is 4.14. The van der Waals surface area contributed by atoms with Crippen LogP contribution >= 0.6 is 0 Å². The van der Waals surface area contributed by atoms with Gasteiger partial charge in [0.1, 0.15) is 18.2 Å². The van der Waals surface area contributed by atoms with Gasteiger partial charge in [-0.2, -0.15) is 0 Å². The van der Waals surface area contributed by atoms with Crippen molar-refractivity contribution in [2.45, 2.75) is 65.5 Å². The Morgan fingerprint density at radius 2 is 1.82 bits per heavy atom. The first-order valence-electron chi connectivity index (χ1n) is 10.6. The predicted molar refractivity (Wildman–Crippen MR) is 115 cm³/mol. The van der Waals surface area contributed by atoms with E-state index in [2.05, 4.69) is 60.9 Å². The Labute approximate surface area is 168 Å². The van der Waals surface area contributed by atoms with E-state index in [0.29, 0.717) is 6.61 Å². The van der Waals surface area contributed by atoms with Crippen LogP contribution in [-0.2, 0) is 26.0 Å². The van der Waals surface area contributed by atoms with Crippen LogP contribution in [0, 0.1) is 6.92 Å². The van der Waals surface area contributed by atoms with Crippen LogP contribution in [0.2, 0.25) is 0 Å². The molecule has 1 aliphatic carbocycles. The molecule has 0 amide bonds. The van der Waals surface area contributed by atoms with Gasteiger partial charge in [-0.25, -0.2) is 4.98 Å². The summed E-state index contributed by atoms with van der Waals surface area (Å²) < 4.78 is 8.51. The van der Waals surface area contributed by atoms with Crippen molar-refractivity contribution in [1.82, 2.24) is 9.55 Å². The van der Waals surface area contributed by atoms with Gasteiger partial charge in [-0.3, -0.25) is 0 Å². The van der Waals surface area contributed by atoms with Crippen molar-refractivity contribution in [2.24, 2.45) is 0 Å². The summed E-state index contributed by atoms with van der Waals surface area (Å²) in [5.41, 5.74) is 6.53. The van der Waals surface area contributed by atoms with Crippen LogP contribution in [0.3, 0.4) is 0 Å². The lowest BCUT2D eigenvalue weighted by Gasteiger charge is -2.14. The van der Waals surface area contributed by atoms with Crippen LogP contribution < -0.4 is 4.74 Å². The number of hydrogen-bond donors (Lipinski definition) is 0. The summed E-state index contributed by atoms with van der Waals surface area (Å²) in [5, 5.41) is 0. The van der Waals surface area contributed by atoms with E-state index in [4.69, 9.17) is 9.72 Å². The van der Waals surface area contributed by atoms with E-state index in [9.17, 15) is 0 Å². The molecule has 28 heavy (non-hydrogen) atoms. The highest BCUT2D eigenvalue weighted by Crippen LogP contribution is 2.27. The topological polar surface area (TPSA) is 27.1 Å². The SMILES string of the molecule is CCCCCn1c(COc2ccc3c(c2)CCC3)cnc1-c1ccc(C)cc1. The highest BCUT2D eigenvalue weighted by Gasteiger charge is 2.14. The predicted octanol–water partition coefficient (Wildman–Crippen LogP) is 6.12. The van der Waals surface area contributed by atoms with Gasteiger partial charge in [-0.1, -0.05) is 55.7 Å². The van der Waals surface area contributed by atoms with Crippen LogP contribution in [-0.4, -0.2) is 9.55 Å². The molecule has 0 unspecified atom stereocenters. The molecular weight excluding hydrogens is 344 g/mol. The van der Waals surface area contributed by atoms with E-state index in [-0.39, 0.29) is 0 Å². The van der Waals surface area contributed by atoms with Crippen LogP contribution in [0.1, 0.15) is 55.0 Å². The number of aromatic nitrogens is 2. The lowest BCUT2D eigenvalue weighted by Crippen LogP contribution is -2.08. The molecule has 0 N–H and O–H groups in total. The van der Waals surface area contributed by atoms with Gasteiger partial charge in [-0.15, -0.1) is 0 Å². The van der Waals surface area contributed by atoms with Gasteiger partial charge >= 0.3 is 0 Å². The van der Waals surface area contributed by atoms with E-state index >= 15 is 0 Å². The Kier molecular flexibility index (Phi) is 5.80. The quantitative estimate of drug-likeness (QED) is 0.444. The lowest BCUT2D eigenvalue weighted by atomic mass is 10.1. The number of nitrogens with zero attached hydrogens (tertiary/aromatic N) is 2. The summed E-state index contributed by atoms with van der Waals surface area (Å²) in [5.74, 6) is 2.02. The van der Waals surface area contributed by atoms with Gasteiger partial charge in [0, 0.05) is 12.1 Å². The first-order valence-corrected chi connectivity index (χ1v) is 10.6. The molecule has 0 aliphatic heterocycles. The minimum Gasteiger partial charge on any atom is -0.487 e. The highest BCUT2D eigenvalue weighted by atomic mass is 16.5. The van der Waals surface area contributed by atoms with Crippen molar-refractivity contribution in [2.75, 3.05) is 0 Å². The third-order valence-corrected chi connectivity index (χ3v) is 5.69. The van der Waals surface area contributed by atoms with Gasteiger partial charge in [0.2, 0.25) is 0 Å². The average Bonchev–Trinajstić information content (AvgIpc) is 3.34. The fraction of sp³-hybridized carbons (Fsp3) is 0.400. The maximum atomic E-state index is 6.17. The van der Waals surface area contributed by atoms with Crippen molar-refractivity contribution in [1.29, 1.82) is 0 Å². The molecule has 0 atom stereocenters. The first-order chi connectivity index (χ1) is 13.7. The monoisotopic (exact) mass is 374 g/mol. The van der Waals surface area contributed by atoms with Gasteiger partial charge < -0.3 is 9.30 Å². The molecular formula is C25H30N2O. The molecule has 0 radical (unpaired) electrons. The third-order valence-electron chi connectivity index (χ3n) is 5.69. The number of ether oxygens (including phenoxy) is 1. The molecule has 0 bridgehead atoms. The lowest BCUT2D eigenvalue weighted by molar-refractivity contribution is 0.294.